The molecule has 0 radical (unpaired) electrons. The molecule has 0 aliphatic carbocycles. The van der Waals surface area contributed by atoms with Gasteiger partial charge in [-0.25, -0.2) is 4.98 Å². The van der Waals surface area contributed by atoms with Crippen molar-refractivity contribution >= 4 is 29.2 Å². The maximum absolute atomic E-state index is 12.4. The maximum Gasteiger partial charge on any atom is 0.326 e. The van der Waals surface area contributed by atoms with Crippen molar-refractivity contribution in [2.24, 2.45) is 0 Å². The van der Waals surface area contributed by atoms with Crippen molar-refractivity contribution in [3.05, 3.63) is 98.1 Å². The highest BCUT2D eigenvalue weighted by Gasteiger charge is 2.18. The number of ether oxygens (including phenoxy) is 1. The Kier molecular flexibility index (Phi) is 6.27. The van der Waals surface area contributed by atoms with E-state index in [1.54, 1.807) is 0 Å². The number of benzene rings is 2. The van der Waals surface area contributed by atoms with Gasteiger partial charge in [-0.05, 0) is 11.1 Å². The fourth-order valence-corrected chi connectivity index (χ4v) is 3.06. The van der Waals surface area contributed by atoms with Crippen LogP contribution in [0.3, 0.4) is 0 Å². The Hall–Kier alpha value is -2.63. The number of carbonyl (C=O) groups is 1. The average Bonchev–Trinajstić information content (AvgIpc) is 2.69. The third-order valence-corrected chi connectivity index (χ3v) is 4.47. The Morgan fingerprint density at radius 3 is 2.15 bits per heavy atom. The molecule has 0 fully saturated rings. The first-order valence-electron chi connectivity index (χ1n) is 8.23. The highest BCUT2D eigenvalue weighted by atomic mass is 35.5. The molecule has 0 unspecified atom stereocenters. The van der Waals surface area contributed by atoms with Gasteiger partial charge in [-0.3, -0.25) is 14.2 Å². The molecule has 1 heterocycles. The molecule has 0 amide bonds. The molecule has 3 aromatic rings. The minimum atomic E-state index is -0.580. The van der Waals surface area contributed by atoms with Crippen LogP contribution in [0, 0.1) is 0 Å². The van der Waals surface area contributed by atoms with Gasteiger partial charge >= 0.3 is 5.97 Å². The fraction of sp³-hybridized carbons (Fsp3) is 0.150. The number of hydrogen-bond acceptors (Lipinski definition) is 4. The predicted octanol–water partition coefficient (Wildman–Crippen LogP) is 3.88. The van der Waals surface area contributed by atoms with Gasteiger partial charge in [0.25, 0.3) is 5.56 Å². The lowest BCUT2D eigenvalue weighted by Crippen LogP contribution is -2.30. The van der Waals surface area contributed by atoms with Gasteiger partial charge in [0.2, 0.25) is 0 Å². The van der Waals surface area contributed by atoms with Gasteiger partial charge in [-0.15, -0.1) is 0 Å². The van der Waals surface area contributed by atoms with Crippen LogP contribution in [-0.2, 0) is 29.1 Å². The summed E-state index contributed by atoms with van der Waals surface area (Å²) in [6, 6.07) is 18.7. The predicted molar refractivity (Wildman–Crippen MR) is 104 cm³/mol. The van der Waals surface area contributed by atoms with Gasteiger partial charge in [0, 0.05) is 6.42 Å². The van der Waals surface area contributed by atoms with Crippen LogP contribution in [0.5, 0.6) is 0 Å². The van der Waals surface area contributed by atoms with E-state index in [-0.39, 0.29) is 23.5 Å². The Labute approximate surface area is 166 Å². The largest absolute Gasteiger partial charge is 0.459 e. The number of hydrogen-bond donors (Lipinski definition) is 0. The average molecular weight is 403 g/mol. The first-order chi connectivity index (χ1) is 13.0. The number of halogens is 2. The molecule has 138 valence electrons. The third kappa shape index (κ3) is 4.96. The molecule has 0 bridgehead atoms. The second kappa shape index (κ2) is 8.84. The SMILES string of the molecule is O=C(Cn1c(Cc2ccccc2)c(Cl)nc(Cl)c1=O)OCc1ccccc1. The van der Waals surface area contributed by atoms with Crippen LogP contribution in [-0.4, -0.2) is 15.5 Å². The number of carbonyl (C=O) groups excluding carboxylic acids is 1. The Bertz CT molecular complexity index is 989. The molecule has 0 saturated heterocycles. The van der Waals surface area contributed by atoms with Crippen molar-refractivity contribution in [2.75, 3.05) is 0 Å². The van der Waals surface area contributed by atoms with Crippen LogP contribution < -0.4 is 5.56 Å². The van der Waals surface area contributed by atoms with E-state index in [1.807, 2.05) is 60.7 Å². The third-order valence-electron chi connectivity index (χ3n) is 3.93. The van der Waals surface area contributed by atoms with E-state index in [0.29, 0.717) is 12.1 Å². The maximum atomic E-state index is 12.4. The fourth-order valence-electron chi connectivity index (χ4n) is 2.58. The molecule has 1 aromatic heterocycles. The topological polar surface area (TPSA) is 61.2 Å². The van der Waals surface area contributed by atoms with Crippen LogP contribution in [0.1, 0.15) is 16.8 Å². The summed E-state index contributed by atoms with van der Waals surface area (Å²) in [7, 11) is 0. The van der Waals surface area contributed by atoms with E-state index in [4.69, 9.17) is 27.9 Å². The summed E-state index contributed by atoms with van der Waals surface area (Å²) in [5.74, 6) is -0.561. The summed E-state index contributed by atoms with van der Waals surface area (Å²) in [4.78, 5) is 28.6. The van der Waals surface area contributed by atoms with Gasteiger partial charge in [-0.1, -0.05) is 83.9 Å². The van der Waals surface area contributed by atoms with E-state index in [0.717, 1.165) is 11.1 Å². The molecule has 2 aromatic carbocycles. The zero-order valence-corrected chi connectivity index (χ0v) is 15.8. The lowest BCUT2D eigenvalue weighted by Gasteiger charge is -2.14. The van der Waals surface area contributed by atoms with Crippen LogP contribution >= 0.6 is 23.2 Å². The smallest absolute Gasteiger partial charge is 0.326 e. The molecule has 0 saturated carbocycles. The Balaban J connectivity index is 1.82. The monoisotopic (exact) mass is 402 g/mol. The molecule has 27 heavy (non-hydrogen) atoms. The first kappa shape index (κ1) is 19.1. The van der Waals surface area contributed by atoms with Crippen molar-refractivity contribution < 1.29 is 9.53 Å². The van der Waals surface area contributed by atoms with E-state index in [9.17, 15) is 9.59 Å². The Morgan fingerprint density at radius 1 is 0.926 bits per heavy atom. The van der Waals surface area contributed by atoms with Crippen molar-refractivity contribution in [3.63, 3.8) is 0 Å². The minimum absolute atomic E-state index is 0.0827. The first-order valence-corrected chi connectivity index (χ1v) is 8.98. The van der Waals surface area contributed by atoms with E-state index < -0.39 is 11.5 Å². The number of aromatic nitrogens is 2. The molecule has 5 nitrogen and oxygen atoms in total. The van der Waals surface area contributed by atoms with E-state index >= 15 is 0 Å². The Morgan fingerprint density at radius 2 is 1.52 bits per heavy atom. The molecule has 0 aliphatic heterocycles. The normalized spacial score (nSPS) is 10.6. The van der Waals surface area contributed by atoms with Gasteiger partial charge in [0.05, 0.1) is 5.69 Å². The lowest BCUT2D eigenvalue weighted by molar-refractivity contribution is -0.145. The van der Waals surface area contributed by atoms with Crippen molar-refractivity contribution in [1.82, 2.24) is 9.55 Å². The van der Waals surface area contributed by atoms with Gasteiger partial charge in [-0.2, -0.15) is 0 Å². The summed E-state index contributed by atoms with van der Waals surface area (Å²) in [6.45, 7) is -0.176. The van der Waals surface area contributed by atoms with Gasteiger partial charge < -0.3 is 4.74 Å². The second-order valence-corrected chi connectivity index (χ2v) is 6.56. The summed E-state index contributed by atoms with van der Waals surface area (Å²) in [6.07, 6.45) is 0.338. The van der Waals surface area contributed by atoms with Crippen LogP contribution in [0.4, 0.5) is 0 Å². The zero-order chi connectivity index (χ0) is 19.2. The quantitative estimate of drug-likeness (QED) is 0.586. The summed E-state index contributed by atoms with van der Waals surface area (Å²) in [5, 5.41) is -0.202. The number of esters is 1. The highest BCUT2D eigenvalue weighted by Crippen LogP contribution is 2.18. The second-order valence-electron chi connectivity index (χ2n) is 5.84. The zero-order valence-electron chi connectivity index (χ0n) is 14.3. The molecule has 0 N–H and O–H groups in total. The highest BCUT2D eigenvalue weighted by molar-refractivity contribution is 6.32. The molecule has 0 aliphatic rings. The number of nitrogens with zero attached hydrogens (tertiary/aromatic N) is 2. The van der Waals surface area contributed by atoms with E-state index in [2.05, 4.69) is 4.98 Å². The summed E-state index contributed by atoms with van der Waals surface area (Å²) >= 11 is 12.1. The van der Waals surface area contributed by atoms with Gasteiger partial charge in [0.15, 0.2) is 10.3 Å². The van der Waals surface area contributed by atoms with Crippen molar-refractivity contribution in [1.29, 1.82) is 0 Å². The number of rotatable bonds is 6. The van der Waals surface area contributed by atoms with E-state index in [1.165, 1.54) is 4.57 Å². The molecule has 3 rings (SSSR count). The van der Waals surface area contributed by atoms with Crippen LogP contribution in [0.25, 0.3) is 0 Å². The van der Waals surface area contributed by atoms with Crippen molar-refractivity contribution in [2.45, 2.75) is 19.6 Å². The molecular weight excluding hydrogens is 387 g/mol. The molecule has 0 spiro atoms. The van der Waals surface area contributed by atoms with Crippen molar-refractivity contribution in [3.8, 4) is 0 Å². The minimum Gasteiger partial charge on any atom is -0.459 e. The standard InChI is InChI=1S/C20H16Cl2N2O3/c21-18-16(11-14-7-3-1-4-8-14)24(20(26)19(22)23-18)12-17(25)27-13-15-9-5-2-6-10-15/h1-10H,11-13H2. The molecule has 7 heteroatoms. The van der Waals surface area contributed by atoms with Crippen LogP contribution in [0.15, 0.2) is 65.5 Å². The van der Waals surface area contributed by atoms with Gasteiger partial charge in [0.1, 0.15) is 13.2 Å². The van der Waals surface area contributed by atoms with Crippen LogP contribution in [0.2, 0.25) is 10.3 Å². The summed E-state index contributed by atoms with van der Waals surface area (Å²) in [5.41, 5.74) is 1.61. The molecular formula is C20H16Cl2N2O3. The summed E-state index contributed by atoms with van der Waals surface area (Å²) < 4.78 is 6.49. The lowest BCUT2D eigenvalue weighted by atomic mass is 10.1. The molecule has 0 atom stereocenters.